The Morgan fingerprint density at radius 2 is 2.15 bits per heavy atom. The monoisotopic (exact) mass is 198 g/mol. The number of hydrogen-bond acceptors (Lipinski definition) is 2. The third-order valence-electron chi connectivity index (χ3n) is 1.75. The van der Waals surface area contributed by atoms with Crippen molar-refractivity contribution in [3.05, 3.63) is 34.3 Å². The van der Waals surface area contributed by atoms with Crippen molar-refractivity contribution in [3.63, 3.8) is 0 Å². The van der Waals surface area contributed by atoms with Crippen LogP contribution in [-0.4, -0.2) is 13.1 Å². The maximum Gasteiger partial charge on any atom is 0.0411 e. The first kappa shape index (κ1) is 10.5. The fraction of sp³-hybridized carbons (Fsp3) is 0.400. The molecule has 1 aromatic rings. The predicted molar refractivity (Wildman–Crippen MR) is 57.0 cm³/mol. The molecule has 1 aromatic carbocycles. The Hall–Kier alpha value is -0.570. The van der Waals surface area contributed by atoms with E-state index in [1.54, 1.807) is 0 Å². The van der Waals surface area contributed by atoms with Gasteiger partial charge in [0, 0.05) is 24.7 Å². The lowest BCUT2D eigenvalue weighted by Gasteiger charge is -2.04. The highest BCUT2D eigenvalue weighted by Gasteiger charge is 1.95. The Bertz CT molecular complexity index is 253. The predicted octanol–water partition coefficient (Wildman–Crippen LogP) is 1.70. The molecule has 0 saturated heterocycles. The number of hydrogen-bond donors (Lipinski definition) is 2. The molecule has 0 radical (unpaired) electrons. The van der Waals surface area contributed by atoms with Crippen LogP contribution in [0.5, 0.6) is 0 Å². The first-order chi connectivity index (χ1) is 6.22. The Morgan fingerprint density at radius 3 is 2.77 bits per heavy atom. The number of aryl methyl sites for hydroxylation is 1. The zero-order valence-electron chi connectivity index (χ0n) is 7.81. The number of rotatable bonds is 4. The second-order valence-corrected chi connectivity index (χ2v) is 3.54. The van der Waals surface area contributed by atoms with E-state index < -0.39 is 0 Å². The summed E-state index contributed by atoms with van der Waals surface area (Å²) in [6.45, 7) is 4.38. The van der Waals surface area contributed by atoms with Crippen LogP contribution in [0.2, 0.25) is 5.02 Å². The smallest absolute Gasteiger partial charge is 0.0411 e. The first-order valence-corrected chi connectivity index (χ1v) is 4.77. The third-order valence-corrected chi connectivity index (χ3v) is 1.97. The van der Waals surface area contributed by atoms with E-state index in [9.17, 15) is 0 Å². The molecule has 3 N–H and O–H groups in total. The van der Waals surface area contributed by atoms with Crippen molar-refractivity contribution in [1.29, 1.82) is 0 Å². The van der Waals surface area contributed by atoms with Crippen LogP contribution in [0, 0.1) is 6.92 Å². The van der Waals surface area contributed by atoms with E-state index in [1.165, 1.54) is 11.1 Å². The van der Waals surface area contributed by atoms with Crippen LogP contribution >= 0.6 is 11.6 Å². The summed E-state index contributed by atoms with van der Waals surface area (Å²) in [4.78, 5) is 0. The lowest BCUT2D eigenvalue weighted by molar-refractivity contribution is 0.694. The topological polar surface area (TPSA) is 38.0 Å². The van der Waals surface area contributed by atoms with E-state index in [2.05, 4.69) is 11.4 Å². The normalized spacial score (nSPS) is 10.4. The zero-order chi connectivity index (χ0) is 9.68. The fourth-order valence-corrected chi connectivity index (χ4v) is 1.56. The first-order valence-electron chi connectivity index (χ1n) is 4.39. The average molecular weight is 199 g/mol. The van der Waals surface area contributed by atoms with Crippen LogP contribution in [0.25, 0.3) is 0 Å². The molecule has 72 valence electrons. The minimum atomic E-state index is 0.666. The second-order valence-electron chi connectivity index (χ2n) is 3.10. The van der Waals surface area contributed by atoms with E-state index in [0.717, 1.165) is 18.1 Å². The van der Waals surface area contributed by atoms with Gasteiger partial charge in [0.15, 0.2) is 0 Å². The highest BCUT2D eigenvalue weighted by atomic mass is 35.5. The van der Waals surface area contributed by atoms with Gasteiger partial charge in [-0.3, -0.25) is 0 Å². The summed E-state index contributed by atoms with van der Waals surface area (Å²) in [5.74, 6) is 0. The molecular formula is C10H15ClN2. The van der Waals surface area contributed by atoms with Crippen LogP contribution < -0.4 is 11.1 Å². The van der Waals surface area contributed by atoms with Crippen molar-refractivity contribution in [2.75, 3.05) is 13.1 Å². The van der Waals surface area contributed by atoms with Crippen molar-refractivity contribution in [1.82, 2.24) is 5.32 Å². The molecule has 0 aliphatic heterocycles. The van der Waals surface area contributed by atoms with Crippen molar-refractivity contribution in [2.24, 2.45) is 5.73 Å². The summed E-state index contributed by atoms with van der Waals surface area (Å²) in [5, 5.41) is 4.02. The van der Waals surface area contributed by atoms with E-state index in [-0.39, 0.29) is 0 Å². The van der Waals surface area contributed by atoms with Crippen molar-refractivity contribution in [2.45, 2.75) is 13.5 Å². The Balaban J connectivity index is 2.56. The Labute approximate surface area is 84.1 Å². The van der Waals surface area contributed by atoms with Gasteiger partial charge in [-0.15, -0.1) is 0 Å². The quantitative estimate of drug-likeness (QED) is 0.723. The number of nitrogens with one attached hydrogen (secondary N) is 1. The molecule has 0 spiro atoms. The molecule has 0 aromatic heterocycles. The molecule has 0 unspecified atom stereocenters. The van der Waals surface area contributed by atoms with Gasteiger partial charge >= 0.3 is 0 Å². The summed E-state index contributed by atoms with van der Waals surface area (Å²) in [7, 11) is 0. The summed E-state index contributed by atoms with van der Waals surface area (Å²) < 4.78 is 0. The minimum Gasteiger partial charge on any atom is -0.329 e. The summed E-state index contributed by atoms with van der Waals surface area (Å²) >= 11 is 5.91. The number of benzene rings is 1. The maximum absolute atomic E-state index is 5.91. The molecule has 0 saturated carbocycles. The van der Waals surface area contributed by atoms with Gasteiger partial charge in [0.2, 0.25) is 0 Å². The molecule has 0 heterocycles. The van der Waals surface area contributed by atoms with Gasteiger partial charge in [0.25, 0.3) is 0 Å². The highest BCUT2D eigenvalue weighted by molar-refractivity contribution is 6.30. The van der Waals surface area contributed by atoms with E-state index in [4.69, 9.17) is 17.3 Å². The molecule has 0 fully saturated rings. The van der Waals surface area contributed by atoms with Crippen LogP contribution in [0.15, 0.2) is 18.2 Å². The van der Waals surface area contributed by atoms with Gasteiger partial charge < -0.3 is 11.1 Å². The van der Waals surface area contributed by atoms with Gasteiger partial charge in [0.1, 0.15) is 0 Å². The van der Waals surface area contributed by atoms with E-state index in [0.29, 0.717) is 6.54 Å². The van der Waals surface area contributed by atoms with Gasteiger partial charge in [-0.25, -0.2) is 0 Å². The lowest BCUT2D eigenvalue weighted by atomic mass is 10.1. The minimum absolute atomic E-state index is 0.666. The van der Waals surface area contributed by atoms with Gasteiger partial charge in [-0.05, 0) is 30.2 Å². The van der Waals surface area contributed by atoms with Crippen LogP contribution in [0.1, 0.15) is 11.1 Å². The SMILES string of the molecule is Cc1cc(Cl)cc(CNCCN)c1. The molecule has 0 aliphatic rings. The summed E-state index contributed by atoms with van der Waals surface area (Å²) in [6, 6.07) is 6.04. The molecule has 0 atom stereocenters. The standard InChI is InChI=1S/C10H15ClN2/c1-8-4-9(6-10(11)5-8)7-13-3-2-12/h4-6,13H,2-3,7,12H2,1H3. The van der Waals surface area contributed by atoms with Crippen LogP contribution in [0.4, 0.5) is 0 Å². The van der Waals surface area contributed by atoms with E-state index in [1.807, 2.05) is 19.1 Å². The second kappa shape index (κ2) is 5.22. The fourth-order valence-electron chi connectivity index (χ4n) is 1.25. The maximum atomic E-state index is 5.91. The molecule has 3 heteroatoms. The summed E-state index contributed by atoms with van der Waals surface area (Å²) in [5.41, 5.74) is 7.76. The average Bonchev–Trinajstić information content (AvgIpc) is 2.03. The highest BCUT2D eigenvalue weighted by Crippen LogP contribution is 2.14. The molecule has 2 nitrogen and oxygen atoms in total. The number of halogens is 1. The molecule has 13 heavy (non-hydrogen) atoms. The van der Waals surface area contributed by atoms with Crippen molar-refractivity contribution >= 4 is 11.6 Å². The molecule has 0 aliphatic carbocycles. The molecular weight excluding hydrogens is 184 g/mol. The van der Waals surface area contributed by atoms with Gasteiger partial charge in [-0.2, -0.15) is 0 Å². The molecule has 0 amide bonds. The molecule has 0 bridgehead atoms. The Morgan fingerprint density at radius 1 is 1.38 bits per heavy atom. The third kappa shape index (κ3) is 3.77. The van der Waals surface area contributed by atoms with E-state index >= 15 is 0 Å². The largest absolute Gasteiger partial charge is 0.329 e. The lowest BCUT2D eigenvalue weighted by Crippen LogP contribution is -2.21. The van der Waals surface area contributed by atoms with Crippen molar-refractivity contribution < 1.29 is 0 Å². The van der Waals surface area contributed by atoms with Crippen molar-refractivity contribution in [3.8, 4) is 0 Å². The van der Waals surface area contributed by atoms with Crippen LogP contribution in [-0.2, 0) is 6.54 Å². The van der Waals surface area contributed by atoms with Gasteiger partial charge in [-0.1, -0.05) is 17.7 Å². The van der Waals surface area contributed by atoms with Gasteiger partial charge in [0.05, 0.1) is 0 Å². The van der Waals surface area contributed by atoms with Crippen LogP contribution in [0.3, 0.4) is 0 Å². The number of nitrogens with two attached hydrogens (primary N) is 1. The summed E-state index contributed by atoms with van der Waals surface area (Å²) in [6.07, 6.45) is 0. The molecule has 1 rings (SSSR count). The zero-order valence-corrected chi connectivity index (χ0v) is 8.56. The Kier molecular flexibility index (Phi) is 4.22.